The fourth-order valence-electron chi connectivity index (χ4n) is 1.42. The first kappa shape index (κ1) is 14.5. The molecule has 102 valence electrons. The van der Waals surface area contributed by atoms with Gasteiger partial charge in [-0.2, -0.15) is 4.98 Å². The molecule has 2 N–H and O–H groups in total. The van der Waals surface area contributed by atoms with Crippen molar-refractivity contribution < 1.29 is 4.52 Å². The normalized spacial score (nSPS) is 12.6. The summed E-state index contributed by atoms with van der Waals surface area (Å²) in [5.41, 5.74) is 0.00540. The average molecular weight is 253 g/mol. The Bertz CT molecular complexity index is 391. The molecular formula is C12H23N5O. The van der Waals surface area contributed by atoms with Crippen LogP contribution in [0.5, 0.6) is 0 Å². The fraction of sp³-hybridized carbons (Fsp3) is 0.750. The predicted octanol–water partition coefficient (Wildman–Crippen LogP) is 1.27. The maximum absolute atomic E-state index is 5.04. The van der Waals surface area contributed by atoms with Crippen LogP contribution in [-0.4, -0.2) is 35.2 Å². The number of rotatable bonds is 4. The van der Waals surface area contributed by atoms with Gasteiger partial charge in [0.25, 0.3) is 0 Å². The molecule has 18 heavy (non-hydrogen) atoms. The van der Waals surface area contributed by atoms with Crippen LogP contribution in [0.15, 0.2) is 9.52 Å². The summed E-state index contributed by atoms with van der Waals surface area (Å²) in [6.07, 6.45) is 1.70. The van der Waals surface area contributed by atoms with Crippen molar-refractivity contribution in [3.05, 3.63) is 11.7 Å². The van der Waals surface area contributed by atoms with Crippen molar-refractivity contribution in [1.82, 2.24) is 20.8 Å². The molecule has 0 unspecified atom stereocenters. The molecule has 1 aromatic heterocycles. The topological polar surface area (TPSA) is 75.3 Å². The van der Waals surface area contributed by atoms with Crippen LogP contribution in [0.3, 0.4) is 0 Å². The lowest BCUT2D eigenvalue weighted by atomic mass is 10.1. The molecular weight excluding hydrogens is 230 g/mol. The van der Waals surface area contributed by atoms with Crippen LogP contribution in [0.4, 0.5) is 0 Å². The Kier molecular flexibility index (Phi) is 5.12. The predicted molar refractivity (Wildman–Crippen MR) is 71.6 cm³/mol. The minimum Gasteiger partial charge on any atom is -0.356 e. The van der Waals surface area contributed by atoms with E-state index in [0.717, 1.165) is 25.3 Å². The van der Waals surface area contributed by atoms with Gasteiger partial charge in [-0.15, -0.1) is 0 Å². The standard InChI is InChI=1S/C12H23N5O/c1-9-15-10(18-17-9)7-6-8-14-11(13-5)16-12(2,3)4/h6-8H2,1-5H3,(H2,13,14,16). The van der Waals surface area contributed by atoms with Crippen LogP contribution in [0.25, 0.3) is 0 Å². The Morgan fingerprint density at radius 2 is 2.11 bits per heavy atom. The van der Waals surface area contributed by atoms with Gasteiger partial charge in [0.1, 0.15) is 0 Å². The maximum atomic E-state index is 5.04. The van der Waals surface area contributed by atoms with Crippen LogP contribution in [0, 0.1) is 6.92 Å². The van der Waals surface area contributed by atoms with Gasteiger partial charge in [0, 0.05) is 25.6 Å². The molecule has 0 saturated carbocycles. The van der Waals surface area contributed by atoms with Crippen molar-refractivity contribution in [2.45, 2.75) is 46.1 Å². The zero-order valence-electron chi connectivity index (χ0n) is 11.9. The molecule has 6 heteroatoms. The molecule has 0 aliphatic heterocycles. The molecule has 6 nitrogen and oxygen atoms in total. The average Bonchev–Trinajstić information content (AvgIpc) is 2.67. The molecule has 1 heterocycles. The van der Waals surface area contributed by atoms with Crippen LogP contribution in [0.1, 0.15) is 38.9 Å². The van der Waals surface area contributed by atoms with E-state index in [-0.39, 0.29) is 5.54 Å². The second-order valence-electron chi connectivity index (χ2n) is 5.21. The summed E-state index contributed by atoms with van der Waals surface area (Å²) in [5, 5.41) is 10.3. The minimum atomic E-state index is 0.00540. The quantitative estimate of drug-likeness (QED) is 0.480. The second kappa shape index (κ2) is 6.37. The van der Waals surface area contributed by atoms with E-state index in [1.165, 1.54) is 0 Å². The SMILES string of the molecule is CN=C(NCCCc1nc(C)no1)NC(C)(C)C. The summed E-state index contributed by atoms with van der Waals surface area (Å²) in [6.45, 7) is 8.93. The number of nitrogens with zero attached hydrogens (tertiary/aromatic N) is 3. The first-order valence-electron chi connectivity index (χ1n) is 6.19. The summed E-state index contributed by atoms with van der Waals surface area (Å²) in [7, 11) is 1.77. The van der Waals surface area contributed by atoms with E-state index in [1.54, 1.807) is 7.05 Å². The lowest BCUT2D eigenvalue weighted by Crippen LogP contribution is -2.47. The molecule has 0 aliphatic rings. The number of hydrogen-bond donors (Lipinski definition) is 2. The smallest absolute Gasteiger partial charge is 0.226 e. The van der Waals surface area contributed by atoms with Gasteiger partial charge in [-0.3, -0.25) is 4.99 Å². The monoisotopic (exact) mass is 253 g/mol. The van der Waals surface area contributed by atoms with Crippen LogP contribution >= 0.6 is 0 Å². The van der Waals surface area contributed by atoms with Crippen molar-refractivity contribution in [3.63, 3.8) is 0 Å². The number of aromatic nitrogens is 2. The van der Waals surface area contributed by atoms with E-state index in [9.17, 15) is 0 Å². The lowest BCUT2D eigenvalue weighted by Gasteiger charge is -2.23. The van der Waals surface area contributed by atoms with E-state index in [1.807, 2.05) is 6.92 Å². The van der Waals surface area contributed by atoms with Gasteiger partial charge in [0.05, 0.1) is 0 Å². The molecule has 0 atom stereocenters. The zero-order chi connectivity index (χ0) is 13.6. The number of aliphatic imine (C=N–C) groups is 1. The van der Waals surface area contributed by atoms with Gasteiger partial charge in [0.15, 0.2) is 11.8 Å². The third-order valence-corrected chi connectivity index (χ3v) is 2.15. The fourth-order valence-corrected chi connectivity index (χ4v) is 1.42. The molecule has 0 spiro atoms. The van der Waals surface area contributed by atoms with E-state index >= 15 is 0 Å². The Morgan fingerprint density at radius 3 is 2.61 bits per heavy atom. The van der Waals surface area contributed by atoms with Gasteiger partial charge in [-0.1, -0.05) is 5.16 Å². The molecule has 0 amide bonds. The number of hydrogen-bond acceptors (Lipinski definition) is 4. The summed E-state index contributed by atoms with van der Waals surface area (Å²) in [6, 6.07) is 0. The van der Waals surface area contributed by atoms with Gasteiger partial charge < -0.3 is 15.2 Å². The van der Waals surface area contributed by atoms with Gasteiger partial charge in [-0.05, 0) is 34.1 Å². The van der Waals surface area contributed by atoms with Crippen molar-refractivity contribution in [3.8, 4) is 0 Å². The molecule has 0 radical (unpaired) electrons. The molecule has 0 bridgehead atoms. The van der Waals surface area contributed by atoms with Crippen molar-refractivity contribution in [1.29, 1.82) is 0 Å². The van der Waals surface area contributed by atoms with E-state index in [0.29, 0.717) is 11.7 Å². The maximum Gasteiger partial charge on any atom is 0.226 e. The van der Waals surface area contributed by atoms with Crippen LogP contribution in [0.2, 0.25) is 0 Å². The Hall–Kier alpha value is -1.59. The lowest BCUT2D eigenvalue weighted by molar-refractivity contribution is 0.372. The largest absolute Gasteiger partial charge is 0.356 e. The molecule has 0 saturated heterocycles. The number of guanidine groups is 1. The van der Waals surface area contributed by atoms with E-state index in [2.05, 4.69) is 46.5 Å². The highest BCUT2D eigenvalue weighted by molar-refractivity contribution is 5.80. The van der Waals surface area contributed by atoms with Gasteiger partial charge in [-0.25, -0.2) is 0 Å². The summed E-state index contributed by atoms with van der Waals surface area (Å²) in [4.78, 5) is 8.32. The van der Waals surface area contributed by atoms with Gasteiger partial charge >= 0.3 is 0 Å². The zero-order valence-corrected chi connectivity index (χ0v) is 11.9. The first-order valence-corrected chi connectivity index (χ1v) is 6.19. The summed E-state index contributed by atoms with van der Waals surface area (Å²) >= 11 is 0. The van der Waals surface area contributed by atoms with Crippen LogP contribution in [-0.2, 0) is 6.42 Å². The third-order valence-electron chi connectivity index (χ3n) is 2.15. The highest BCUT2D eigenvalue weighted by atomic mass is 16.5. The van der Waals surface area contributed by atoms with Crippen molar-refractivity contribution in [2.24, 2.45) is 4.99 Å². The molecule has 0 aromatic carbocycles. The summed E-state index contributed by atoms with van der Waals surface area (Å²) < 4.78 is 5.04. The molecule has 0 aliphatic carbocycles. The highest BCUT2D eigenvalue weighted by Gasteiger charge is 2.11. The molecule has 1 rings (SSSR count). The third kappa shape index (κ3) is 5.65. The van der Waals surface area contributed by atoms with Crippen molar-refractivity contribution >= 4 is 5.96 Å². The Labute approximate surface area is 108 Å². The van der Waals surface area contributed by atoms with E-state index < -0.39 is 0 Å². The molecule has 0 fully saturated rings. The number of nitrogens with one attached hydrogen (secondary N) is 2. The number of aryl methyl sites for hydroxylation is 2. The summed E-state index contributed by atoms with van der Waals surface area (Å²) in [5.74, 6) is 2.18. The highest BCUT2D eigenvalue weighted by Crippen LogP contribution is 2.00. The van der Waals surface area contributed by atoms with Crippen LogP contribution < -0.4 is 10.6 Å². The Morgan fingerprint density at radius 1 is 1.39 bits per heavy atom. The second-order valence-corrected chi connectivity index (χ2v) is 5.21. The molecule has 1 aromatic rings. The minimum absolute atomic E-state index is 0.00540. The first-order chi connectivity index (χ1) is 8.40. The van der Waals surface area contributed by atoms with Gasteiger partial charge in [0.2, 0.25) is 5.89 Å². The van der Waals surface area contributed by atoms with Crippen molar-refractivity contribution in [2.75, 3.05) is 13.6 Å². The van der Waals surface area contributed by atoms with E-state index in [4.69, 9.17) is 4.52 Å². The Balaban J connectivity index is 2.24.